The average Bonchev–Trinajstić information content (AvgIpc) is 2.78. The quantitative estimate of drug-likeness (QED) is 0.386. The summed E-state index contributed by atoms with van der Waals surface area (Å²) in [7, 11) is 0. The van der Waals surface area contributed by atoms with Gasteiger partial charge in [-0.05, 0) is 131 Å². The summed E-state index contributed by atoms with van der Waals surface area (Å²) in [5.74, 6) is 1.46. The summed E-state index contributed by atoms with van der Waals surface area (Å²) in [6, 6.07) is 5.64. The summed E-state index contributed by atoms with van der Waals surface area (Å²) in [4.78, 5) is 0. The van der Waals surface area contributed by atoms with Crippen molar-refractivity contribution in [3.8, 4) is 0 Å². The molecule has 3 aliphatic carbocycles. The largest absolute Gasteiger partial charge is 0.412 e. The van der Waals surface area contributed by atoms with E-state index in [2.05, 4.69) is 0 Å². The van der Waals surface area contributed by atoms with Gasteiger partial charge in [-0.1, -0.05) is 12.1 Å². The van der Waals surface area contributed by atoms with Gasteiger partial charge < -0.3 is 0 Å². The zero-order chi connectivity index (χ0) is 23.6. The molecule has 0 aromatic heterocycles. The molecule has 0 saturated heterocycles. The van der Waals surface area contributed by atoms with Gasteiger partial charge in [0.15, 0.2) is 0 Å². The molecule has 0 unspecified atom stereocenters. The Kier molecular flexibility index (Phi) is 7.85. The van der Waals surface area contributed by atoms with Crippen LogP contribution >= 0.6 is 0 Å². The van der Waals surface area contributed by atoms with E-state index in [1.807, 2.05) is 19.1 Å². The van der Waals surface area contributed by atoms with Crippen LogP contribution in [-0.4, -0.2) is 6.18 Å². The van der Waals surface area contributed by atoms with Gasteiger partial charge >= 0.3 is 6.18 Å². The first-order valence-corrected chi connectivity index (χ1v) is 12.9. The smallest absolute Gasteiger partial charge is 0.212 e. The van der Waals surface area contributed by atoms with Gasteiger partial charge in [0.25, 0.3) is 0 Å². The van der Waals surface area contributed by atoms with E-state index < -0.39 is 17.9 Å². The first-order chi connectivity index (χ1) is 15.7. The van der Waals surface area contributed by atoms with Crippen molar-refractivity contribution < 1.29 is 22.0 Å². The third-order valence-electron chi connectivity index (χ3n) is 8.98. The van der Waals surface area contributed by atoms with Crippen LogP contribution in [0.3, 0.4) is 0 Å². The van der Waals surface area contributed by atoms with Crippen LogP contribution in [-0.2, 0) is 0 Å². The maximum atomic E-state index is 14.4. The fraction of sp³-hybridized carbons (Fsp3) is 0.714. The Bertz CT molecular complexity index is 802. The number of alkyl halides is 3. The molecule has 3 saturated carbocycles. The summed E-state index contributed by atoms with van der Waals surface area (Å²) >= 11 is 0. The molecule has 1 aromatic rings. The fourth-order valence-corrected chi connectivity index (χ4v) is 7.09. The third kappa shape index (κ3) is 6.39. The van der Waals surface area contributed by atoms with Crippen LogP contribution in [0.4, 0.5) is 22.0 Å². The predicted octanol–water partition coefficient (Wildman–Crippen LogP) is 9.44. The Morgan fingerprint density at radius 2 is 1.21 bits per heavy atom. The molecular weight excluding hydrogens is 431 g/mol. The lowest BCUT2D eigenvalue weighted by molar-refractivity contribution is -0.0821. The molecule has 1 aromatic carbocycles. The van der Waals surface area contributed by atoms with Crippen molar-refractivity contribution in [1.29, 1.82) is 0 Å². The monoisotopic (exact) mass is 468 g/mol. The van der Waals surface area contributed by atoms with Crippen molar-refractivity contribution in [2.24, 2.45) is 29.6 Å². The van der Waals surface area contributed by atoms with Gasteiger partial charge in [0.05, 0.1) is 6.08 Å². The Balaban J connectivity index is 1.21. The summed E-state index contributed by atoms with van der Waals surface area (Å²) in [6.07, 6.45) is 7.48. The van der Waals surface area contributed by atoms with Crippen LogP contribution in [0.1, 0.15) is 94.1 Å². The van der Waals surface area contributed by atoms with Gasteiger partial charge in [-0.2, -0.15) is 13.2 Å². The lowest BCUT2D eigenvalue weighted by Gasteiger charge is -2.41. The first kappa shape index (κ1) is 24.7. The maximum absolute atomic E-state index is 14.4. The molecule has 0 N–H and O–H groups in total. The number of hydrogen-bond donors (Lipinski definition) is 0. The van der Waals surface area contributed by atoms with E-state index in [0.717, 1.165) is 48.6 Å². The normalized spacial score (nSPS) is 34.3. The molecule has 0 heterocycles. The van der Waals surface area contributed by atoms with Crippen molar-refractivity contribution in [3.63, 3.8) is 0 Å². The van der Waals surface area contributed by atoms with Crippen molar-refractivity contribution in [2.75, 3.05) is 0 Å². The Morgan fingerprint density at radius 3 is 1.67 bits per heavy atom. The second-order valence-corrected chi connectivity index (χ2v) is 11.0. The number of rotatable bonds is 4. The second kappa shape index (κ2) is 10.5. The standard InChI is InChI=1S/C28H37F5/c1-18-2-15-25(26(29)16-18)23-11-7-21(8-12-23)19-3-5-20(6-4-19)22-9-13-24(14-10-22)27(30)17-28(31,32)33/h2,15-17,19-24H,3-14H2,1H3/b27-17-. The lowest BCUT2D eigenvalue weighted by Crippen LogP contribution is -2.29. The number of aryl methyl sites for hydroxylation is 1. The first-order valence-electron chi connectivity index (χ1n) is 12.9. The summed E-state index contributed by atoms with van der Waals surface area (Å²) < 4.78 is 65.6. The van der Waals surface area contributed by atoms with Crippen molar-refractivity contribution in [1.82, 2.24) is 0 Å². The molecule has 0 aliphatic heterocycles. The van der Waals surface area contributed by atoms with Gasteiger partial charge in [0.1, 0.15) is 11.6 Å². The molecule has 3 aliphatic rings. The topological polar surface area (TPSA) is 0 Å². The van der Waals surface area contributed by atoms with Crippen LogP contribution in [0, 0.1) is 42.3 Å². The van der Waals surface area contributed by atoms with Crippen LogP contribution in [0.25, 0.3) is 0 Å². The lowest BCUT2D eigenvalue weighted by atomic mass is 9.64. The van der Waals surface area contributed by atoms with Crippen molar-refractivity contribution >= 4 is 0 Å². The number of benzene rings is 1. The second-order valence-electron chi connectivity index (χ2n) is 11.0. The van der Waals surface area contributed by atoms with E-state index in [-0.39, 0.29) is 11.9 Å². The maximum Gasteiger partial charge on any atom is 0.412 e. The number of hydrogen-bond acceptors (Lipinski definition) is 0. The molecule has 3 fully saturated rings. The zero-order valence-electron chi connectivity index (χ0n) is 19.6. The number of allylic oxidation sites excluding steroid dienone is 2. The Hall–Kier alpha value is -1.39. The average molecular weight is 469 g/mol. The molecule has 5 heteroatoms. The van der Waals surface area contributed by atoms with Crippen LogP contribution in [0.2, 0.25) is 0 Å². The minimum Gasteiger partial charge on any atom is -0.212 e. The minimum absolute atomic E-state index is 0.0533. The van der Waals surface area contributed by atoms with Gasteiger partial charge in [0, 0.05) is 5.92 Å². The van der Waals surface area contributed by atoms with E-state index in [1.54, 1.807) is 6.07 Å². The summed E-state index contributed by atoms with van der Waals surface area (Å²) in [5, 5.41) is 0. The predicted molar refractivity (Wildman–Crippen MR) is 122 cm³/mol. The van der Waals surface area contributed by atoms with E-state index >= 15 is 0 Å². The molecule has 184 valence electrons. The van der Waals surface area contributed by atoms with E-state index in [9.17, 15) is 22.0 Å². The third-order valence-corrected chi connectivity index (χ3v) is 8.98. The van der Waals surface area contributed by atoms with Crippen molar-refractivity contribution in [2.45, 2.75) is 96.1 Å². The van der Waals surface area contributed by atoms with E-state index in [0.29, 0.717) is 30.6 Å². The molecule has 0 radical (unpaired) electrons. The summed E-state index contributed by atoms with van der Waals surface area (Å²) in [5.41, 5.74) is 1.86. The molecule has 0 bridgehead atoms. The molecular formula is C28H37F5. The molecule has 0 nitrogen and oxygen atoms in total. The molecule has 4 rings (SSSR count). The minimum atomic E-state index is -4.56. The zero-order valence-corrected chi connectivity index (χ0v) is 19.6. The van der Waals surface area contributed by atoms with Gasteiger partial charge in [0.2, 0.25) is 0 Å². The highest BCUT2D eigenvalue weighted by Crippen LogP contribution is 2.48. The van der Waals surface area contributed by atoms with Crippen molar-refractivity contribution in [3.05, 3.63) is 47.0 Å². The van der Waals surface area contributed by atoms with Gasteiger partial charge in [-0.25, -0.2) is 8.78 Å². The Labute approximate surface area is 195 Å². The van der Waals surface area contributed by atoms with Gasteiger partial charge in [-0.15, -0.1) is 0 Å². The van der Waals surface area contributed by atoms with E-state index in [1.165, 1.54) is 38.5 Å². The number of halogens is 5. The fourth-order valence-electron chi connectivity index (χ4n) is 7.09. The van der Waals surface area contributed by atoms with Crippen LogP contribution in [0.15, 0.2) is 30.1 Å². The molecule has 0 spiro atoms. The molecule has 0 atom stereocenters. The molecule has 33 heavy (non-hydrogen) atoms. The highest BCUT2D eigenvalue weighted by atomic mass is 19.4. The highest BCUT2D eigenvalue weighted by Gasteiger charge is 2.36. The molecule has 0 amide bonds. The SMILES string of the molecule is Cc1ccc(C2CCC(C3CCC(C4CCC(/C(F)=C/C(F)(F)F)CC4)CC3)CC2)c(F)c1. The van der Waals surface area contributed by atoms with Crippen LogP contribution in [0.5, 0.6) is 0 Å². The van der Waals surface area contributed by atoms with Crippen LogP contribution < -0.4 is 0 Å². The highest BCUT2D eigenvalue weighted by molar-refractivity contribution is 5.26. The Morgan fingerprint density at radius 1 is 0.758 bits per heavy atom. The van der Waals surface area contributed by atoms with Gasteiger partial charge in [-0.3, -0.25) is 0 Å². The summed E-state index contributed by atoms with van der Waals surface area (Å²) in [6.45, 7) is 1.93. The van der Waals surface area contributed by atoms with E-state index in [4.69, 9.17) is 0 Å².